The number of anilines is 1. The summed E-state index contributed by atoms with van der Waals surface area (Å²) in [5, 5.41) is 5.03. The number of benzene rings is 1. The van der Waals surface area contributed by atoms with Gasteiger partial charge in [-0.25, -0.2) is 17.8 Å². The van der Waals surface area contributed by atoms with Crippen LogP contribution in [-0.4, -0.2) is 60.1 Å². The minimum atomic E-state index is -4.02. The molecular formula is C22H27FN4O4S2. The molecule has 2 aromatic rings. The molecule has 11 heteroatoms. The summed E-state index contributed by atoms with van der Waals surface area (Å²) in [5.74, 6) is -1.05. The number of thiazole rings is 1. The van der Waals surface area contributed by atoms with E-state index in [4.69, 9.17) is 0 Å². The molecule has 1 aromatic carbocycles. The first-order valence-corrected chi connectivity index (χ1v) is 13.4. The molecule has 178 valence electrons. The lowest BCUT2D eigenvalue weighted by molar-refractivity contribution is -0.142. The van der Waals surface area contributed by atoms with Gasteiger partial charge in [-0.05, 0) is 30.5 Å². The number of aromatic nitrogens is 1. The summed E-state index contributed by atoms with van der Waals surface area (Å²) in [4.78, 5) is 31.7. The van der Waals surface area contributed by atoms with Crippen molar-refractivity contribution in [3.63, 3.8) is 0 Å². The Labute approximate surface area is 196 Å². The zero-order chi connectivity index (χ0) is 23.4. The molecule has 2 heterocycles. The van der Waals surface area contributed by atoms with Crippen molar-refractivity contribution >= 4 is 38.3 Å². The maximum absolute atomic E-state index is 13.6. The number of nitrogens with one attached hydrogen (secondary N) is 1. The second kappa shape index (κ2) is 10.3. The highest BCUT2D eigenvalue weighted by molar-refractivity contribution is 7.89. The molecule has 2 aliphatic rings. The molecule has 33 heavy (non-hydrogen) atoms. The van der Waals surface area contributed by atoms with Gasteiger partial charge in [0, 0.05) is 24.7 Å². The summed E-state index contributed by atoms with van der Waals surface area (Å²) < 4.78 is 40.5. The van der Waals surface area contributed by atoms with Gasteiger partial charge in [0.1, 0.15) is 11.9 Å². The fourth-order valence-electron chi connectivity index (χ4n) is 4.56. The Bertz CT molecular complexity index is 1090. The summed E-state index contributed by atoms with van der Waals surface area (Å²) in [7, 11) is -4.02. The van der Waals surface area contributed by atoms with Gasteiger partial charge in [0.05, 0.1) is 11.4 Å². The van der Waals surface area contributed by atoms with E-state index in [0.29, 0.717) is 17.5 Å². The van der Waals surface area contributed by atoms with Gasteiger partial charge in [-0.3, -0.25) is 9.59 Å². The topological polar surface area (TPSA) is 99.7 Å². The summed E-state index contributed by atoms with van der Waals surface area (Å²) in [6.07, 6.45) is 7.57. The van der Waals surface area contributed by atoms with E-state index >= 15 is 0 Å². The second-order valence-corrected chi connectivity index (χ2v) is 11.3. The van der Waals surface area contributed by atoms with Crippen LogP contribution in [0, 0.1) is 11.7 Å². The van der Waals surface area contributed by atoms with E-state index in [1.807, 2.05) is 0 Å². The summed E-state index contributed by atoms with van der Waals surface area (Å²) in [6, 6.07) is 4.05. The van der Waals surface area contributed by atoms with Gasteiger partial charge in [-0.15, -0.1) is 11.3 Å². The van der Waals surface area contributed by atoms with E-state index in [2.05, 4.69) is 10.3 Å². The molecule has 1 aliphatic carbocycles. The Kier molecular flexibility index (Phi) is 7.40. The number of rotatable bonds is 7. The standard InChI is InChI=1S/C22H27FN4O4S2/c23-17-7-4-8-18(14-17)33(30,31)26-10-11-27(20(28)15-26)19(13-16-5-2-1-3-6-16)21(29)25-22-24-9-12-32-22/h4,7-9,12,14,16,19H,1-3,5-6,10-11,13,15H2,(H,24,25,29)/t19-/m0/s1. The van der Waals surface area contributed by atoms with Crippen molar-refractivity contribution in [1.29, 1.82) is 0 Å². The molecule has 0 spiro atoms. The average molecular weight is 495 g/mol. The van der Waals surface area contributed by atoms with E-state index in [-0.39, 0.29) is 30.4 Å². The van der Waals surface area contributed by atoms with Crippen molar-refractivity contribution in [3.05, 3.63) is 41.7 Å². The number of carbonyl (C=O) groups is 2. The summed E-state index contributed by atoms with van der Waals surface area (Å²) in [5.41, 5.74) is 0. The second-order valence-electron chi connectivity index (χ2n) is 8.47. The SMILES string of the molecule is O=C(Nc1nccs1)[C@H](CC1CCCCC1)N1CCN(S(=O)(=O)c2cccc(F)c2)CC1=O. The predicted molar refractivity (Wildman–Crippen MR) is 123 cm³/mol. The van der Waals surface area contributed by atoms with Crippen LogP contribution in [0.3, 0.4) is 0 Å². The van der Waals surface area contributed by atoms with E-state index in [1.54, 1.807) is 11.6 Å². The van der Waals surface area contributed by atoms with Crippen LogP contribution in [0.15, 0.2) is 40.7 Å². The van der Waals surface area contributed by atoms with Gasteiger partial charge >= 0.3 is 0 Å². The number of carbonyl (C=O) groups excluding carboxylic acids is 2. The Morgan fingerprint density at radius 1 is 1.24 bits per heavy atom. The van der Waals surface area contributed by atoms with Crippen LogP contribution in [0.1, 0.15) is 38.5 Å². The Morgan fingerprint density at radius 3 is 2.70 bits per heavy atom. The third kappa shape index (κ3) is 5.59. The largest absolute Gasteiger partial charge is 0.328 e. The van der Waals surface area contributed by atoms with Crippen LogP contribution in [-0.2, 0) is 19.6 Å². The van der Waals surface area contributed by atoms with E-state index in [9.17, 15) is 22.4 Å². The van der Waals surface area contributed by atoms with Crippen molar-refractivity contribution in [2.45, 2.75) is 49.5 Å². The number of nitrogens with zero attached hydrogens (tertiary/aromatic N) is 3. The minimum absolute atomic E-state index is 0.0380. The van der Waals surface area contributed by atoms with E-state index < -0.39 is 27.8 Å². The van der Waals surface area contributed by atoms with Crippen molar-refractivity contribution in [1.82, 2.24) is 14.2 Å². The van der Waals surface area contributed by atoms with E-state index in [0.717, 1.165) is 36.1 Å². The van der Waals surface area contributed by atoms with Gasteiger partial charge in [-0.2, -0.15) is 4.31 Å². The Hall–Kier alpha value is -2.37. The number of sulfonamides is 1. The molecule has 1 aromatic heterocycles. The van der Waals surface area contributed by atoms with Crippen LogP contribution < -0.4 is 5.32 Å². The van der Waals surface area contributed by atoms with Crippen LogP contribution in [0.5, 0.6) is 0 Å². The van der Waals surface area contributed by atoms with Crippen LogP contribution in [0.25, 0.3) is 0 Å². The summed E-state index contributed by atoms with van der Waals surface area (Å²) >= 11 is 1.30. The van der Waals surface area contributed by atoms with Crippen LogP contribution in [0.4, 0.5) is 9.52 Å². The van der Waals surface area contributed by atoms with Crippen molar-refractivity contribution in [2.24, 2.45) is 5.92 Å². The molecule has 8 nitrogen and oxygen atoms in total. The molecule has 4 rings (SSSR count). The number of amides is 2. The third-order valence-electron chi connectivity index (χ3n) is 6.28. The molecule has 1 saturated heterocycles. The highest BCUT2D eigenvalue weighted by Crippen LogP contribution is 2.30. The van der Waals surface area contributed by atoms with Gasteiger partial charge in [-0.1, -0.05) is 38.2 Å². The van der Waals surface area contributed by atoms with Gasteiger partial charge in [0.15, 0.2) is 5.13 Å². The third-order valence-corrected chi connectivity index (χ3v) is 8.81. The maximum Gasteiger partial charge on any atom is 0.248 e. The Morgan fingerprint density at radius 2 is 2.03 bits per heavy atom. The number of piperazine rings is 1. The quantitative estimate of drug-likeness (QED) is 0.638. The molecule has 0 bridgehead atoms. The lowest BCUT2D eigenvalue weighted by Gasteiger charge is -2.39. The highest BCUT2D eigenvalue weighted by Gasteiger charge is 2.39. The molecule has 1 atom stereocenters. The van der Waals surface area contributed by atoms with Crippen LogP contribution in [0.2, 0.25) is 0 Å². The molecule has 1 saturated carbocycles. The first kappa shape index (κ1) is 23.8. The molecule has 1 aliphatic heterocycles. The highest BCUT2D eigenvalue weighted by atomic mass is 32.2. The maximum atomic E-state index is 13.6. The van der Waals surface area contributed by atoms with Crippen molar-refractivity contribution in [2.75, 3.05) is 25.0 Å². The number of hydrogen-bond donors (Lipinski definition) is 1. The van der Waals surface area contributed by atoms with Gasteiger partial charge in [0.2, 0.25) is 21.8 Å². The van der Waals surface area contributed by atoms with Crippen molar-refractivity contribution < 1.29 is 22.4 Å². The lowest BCUT2D eigenvalue weighted by atomic mass is 9.84. The Balaban J connectivity index is 1.50. The first-order valence-electron chi connectivity index (χ1n) is 11.1. The van der Waals surface area contributed by atoms with Crippen molar-refractivity contribution in [3.8, 4) is 0 Å². The first-order chi connectivity index (χ1) is 15.8. The molecular weight excluding hydrogens is 467 g/mol. The fraction of sp³-hybridized carbons (Fsp3) is 0.500. The van der Waals surface area contributed by atoms with Gasteiger partial charge in [0.25, 0.3) is 0 Å². The minimum Gasteiger partial charge on any atom is -0.328 e. The van der Waals surface area contributed by atoms with Crippen LogP contribution >= 0.6 is 11.3 Å². The number of halogens is 1. The molecule has 0 radical (unpaired) electrons. The number of hydrogen-bond acceptors (Lipinski definition) is 6. The molecule has 2 fully saturated rings. The molecule has 1 N–H and O–H groups in total. The monoisotopic (exact) mass is 494 g/mol. The lowest BCUT2D eigenvalue weighted by Crippen LogP contribution is -2.58. The predicted octanol–water partition coefficient (Wildman–Crippen LogP) is 3.09. The van der Waals surface area contributed by atoms with E-state index in [1.165, 1.54) is 40.9 Å². The zero-order valence-electron chi connectivity index (χ0n) is 18.2. The fourth-order valence-corrected chi connectivity index (χ4v) is 6.51. The molecule has 0 unspecified atom stereocenters. The summed E-state index contributed by atoms with van der Waals surface area (Å²) in [6.45, 7) is -0.253. The smallest absolute Gasteiger partial charge is 0.248 e. The average Bonchev–Trinajstić information content (AvgIpc) is 3.31. The molecule has 2 amide bonds. The zero-order valence-corrected chi connectivity index (χ0v) is 19.8. The van der Waals surface area contributed by atoms with Gasteiger partial charge < -0.3 is 10.2 Å². The normalized spacial score (nSPS) is 19.4.